The first kappa shape index (κ1) is 15.7. The van der Waals surface area contributed by atoms with Crippen molar-refractivity contribution in [1.82, 2.24) is 0 Å². The van der Waals surface area contributed by atoms with Gasteiger partial charge in [0.05, 0.1) is 6.61 Å². The fourth-order valence-corrected chi connectivity index (χ4v) is 0.901. The third-order valence-electron chi connectivity index (χ3n) is 1.60. The van der Waals surface area contributed by atoms with E-state index >= 15 is 0 Å². The van der Waals surface area contributed by atoms with Gasteiger partial charge in [-0.1, -0.05) is 0 Å². The van der Waals surface area contributed by atoms with Crippen molar-refractivity contribution in [2.24, 2.45) is 0 Å². The molecule has 7 nitrogen and oxygen atoms in total. The predicted octanol–water partition coefficient (Wildman–Crippen LogP) is 0.296. The van der Waals surface area contributed by atoms with Gasteiger partial charge in [0, 0.05) is 5.69 Å². The lowest BCUT2D eigenvalue weighted by Crippen LogP contribution is -2.02. The maximum absolute atomic E-state index is 8.74. The second-order valence-electron chi connectivity index (χ2n) is 3.04. The Hall–Kier alpha value is -1.35. The number of ether oxygens (including phenoxy) is 1. The summed E-state index contributed by atoms with van der Waals surface area (Å²) in [6.45, 7) is 2.27. The lowest BCUT2D eigenvalue weighted by molar-refractivity contribution is 0.201. The molecule has 1 aromatic carbocycles. The lowest BCUT2D eigenvalue weighted by Gasteiger charge is -2.05. The quantitative estimate of drug-likeness (QED) is 0.456. The molecule has 0 unspecified atom stereocenters. The van der Waals surface area contributed by atoms with Gasteiger partial charge in [-0.15, -0.1) is 0 Å². The average Bonchev–Trinajstić information content (AvgIpc) is 2.17. The SMILES string of the molecule is Cc1cc(OCCO)ccc1N.O=S(=O)(O)O. The van der Waals surface area contributed by atoms with Crippen LogP contribution in [0.4, 0.5) is 5.69 Å². The summed E-state index contributed by atoms with van der Waals surface area (Å²) < 4.78 is 36.8. The highest BCUT2D eigenvalue weighted by Crippen LogP contribution is 2.18. The topological polar surface area (TPSA) is 130 Å². The van der Waals surface area contributed by atoms with Crippen LogP contribution in [0, 0.1) is 6.92 Å². The fourth-order valence-electron chi connectivity index (χ4n) is 0.901. The Morgan fingerprint density at radius 2 is 1.88 bits per heavy atom. The van der Waals surface area contributed by atoms with Crippen molar-refractivity contribution in [2.75, 3.05) is 18.9 Å². The number of rotatable bonds is 3. The highest BCUT2D eigenvalue weighted by Gasteiger charge is 1.96. The summed E-state index contributed by atoms with van der Waals surface area (Å²) in [6.07, 6.45) is 0. The van der Waals surface area contributed by atoms with E-state index in [4.69, 9.17) is 33.1 Å². The van der Waals surface area contributed by atoms with E-state index in [9.17, 15) is 0 Å². The molecule has 0 spiro atoms. The summed E-state index contributed by atoms with van der Waals surface area (Å²) in [5, 5.41) is 8.50. The van der Waals surface area contributed by atoms with Crippen molar-refractivity contribution in [2.45, 2.75) is 6.92 Å². The highest BCUT2D eigenvalue weighted by molar-refractivity contribution is 7.79. The van der Waals surface area contributed by atoms with Gasteiger partial charge in [-0.2, -0.15) is 8.42 Å². The second kappa shape index (κ2) is 7.07. The van der Waals surface area contributed by atoms with E-state index in [0.717, 1.165) is 17.0 Å². The summed E-state index contributed by atoms with van der Waals surface area (Å²) in [4.78, 5) is 0. The zero-order valence-corrected chi connectivity index (χ0v) is 10.0. The van der Waals surface area contributed by atoms with Gasteiger partial charge in [-0.25, -0.2) is 0 Å². The van der Waals surface area contributed by atoms with Crippen molar-refractivity contribution < 1.29 is 27.4 Å². The van der Waals surface area contributed by atoms with Crippen molar-refractivity contribution in [3.63, 3.8) is 0 Å². The molecule has 0 aliphatic heterocycles. The zero-order chi connectivity index (χ0) is 13.5. The minimum Gasteiger partial charge on any atom is -0.491 e. The summed E-state index contributed by atoms with van der Waals surface area (Å²) in [5.41, 5.74) is 7.36. The molecule has 8 heteroatoms. The summed E-state index contributed by atoms with van der Waals surface area (Å²) in [5.74, 6) is 0.746. The molecule has 0 amide bonds. The number of hydrogen-bond donors (Lipinski definition) is 4. The number of aryl methyl sites for hydroxylation is 1. The molecule has 0 radical (unpaired) electrons. The smallest absolute Gasteiger partial charge is 0.394 e. The van der Waals surface area contributed by atoms with Gasteiger partial charge in [0.2, 0.25) is 0 Å². The molecule has 0 aromatic heterocycles. The van der Waals surface area contributed by atoms with Crippen LogP contribution in [-0.4, -0.2) is 35.8 Å². The molecule has 0 heterocycles. The number of aliphatic hydroxyl groups excluding tert-OH is 1. The van der Waals surface area contributed by atoms with E-state index < -0.39 is 10.4 Å². The highest BCUT2D eigenvalue weighted by atomic mass is 32.3. The van der Waals surface area contributed by atoms with Crippen LogP contribution in [0.3, 0.4) is 0 Å². The Morgan fingerprint density at radius 3 is 2.29 bits per heavy atom. The van der Waals surface area contributed by atoms with Crippen LogP contribution in [0.25, 0.3) is 0 Å². The van der Waals surface area contributed by atoms with Crippen LogP contribution < -0.4 is 10.5 Å². The van der Waals surface area contributed by atoms with E-state index in [1.54, 1.807) is 12.1 Å². The number of benzene rings is 1. The Balaban J connectivity index is 0.000000437. The maximum Gasteiger partial charge on any atom is 0.394 e. The lowest BCUT2D eigenvalue weighted by atomic mass is 10.2. The number of nitrogens with two attached hydrogens (primary N) is 1. The molecule has 0 saturated heterocycles. The number of aliphatic hydroxyl groups is 1. The van der Waals surface area contributed by atoms with Crippen LogP contribution in [0.1, 0.15) is 5.56 Å². The van der Waals surface area contributed by atoms with E-state index in [2.05, 4.69) is 0 Å². The van der Waals surface area contributed by atoms with Crippen LogP contribution in [0.5, 0.6) is 5.75 Å². The Bertz CT molecular complexity index is 437. The van der Waals surface area contributed by atoms with Gasteiger partial charge in [-0.05, 0) is 30.7 Å². The van der Waals surface area contributed by atoms with Crippen molar-refractivity contribution in [1.29, 1.82) is 0 Å². The Morgan fingerprint density at radius 1 is 1.35 bits per heavy atom. The molecule has 0 atom stereocenters. The number of anilines is 1. The summed E-state index contributed by atoms with van der Waals surface area (Å²) in [7, 11) is -4.67. The van der Waals surface area contributed by atoms with Crippen molar-refractivity contribution >= 4 is 16.1 Å². The molecular formula is C9H15NO6S. The van der Waals surface area contributed by atoms with E-state index in [-0.39, 0.29) is 6.61 Å². The molecule has 0 fully saturated rings. The first-order valence-corrected chi connectivity index (χ1v) is 5.93. The van der Waals surface area contributed by atoms with Gasteiger partial charge >= 0.3 is 10.4 Å². The largest absolute Gasteiger partial charge is 0.491 e. The van der Waals surface area contributed by atoms with E-state index in [1.807, 2.05) is 13.0 Å². The fraction of sp³-hybridized carbons (Fsp3) is 0.333. The predicted molar refractivity (Wildman–Crippen MR) is 62.3 cm³/mol. The van der Waals surface area contributed by atoms with Crippen molar-refractivity contribution in [3.8, 4) is 5.75 Å². The van der Waals surface area contributed by atoms with E-state index in [1.165, 1.54) is 0 Å². The normalized spacial score (nSPS) is 10.4. The first-order chi connectivity index (χ1) is 7.74. The van der Waals surface area contributed by atoms with Crippen LogP contribution in [-0.2, 0) is 10.4 Å². The second-order valence-corrected chi connectivity index (χ2v) is 3.93. The van der Waals surface area contributed by atoms with Gasteiger partial charge in [0.15, 0.2) is 0 Å². The molecule has 0 bridgehead atoms. The van der Waals surface area contributed by atoms with Crippen LogP contribution >= 0.6 is 0 Å². The van der Waals surface area contributed by atoms with Gasteiger partial charge in [0.1, 0.15) is 12.4 Å². The third-order valence-corrected chi connectivity index (χ3v) is 1.60. The van der Waals surface area contributed by atoms with Crippen LogP contribution in [0.2, 0.25) is 0 Å². The standard InChI is InChI=1S/C9H13NO2.H2O4S/c1-7-6-8(12-5-4-11)2-3-9(7)10;1-5(2,3)4/h2-3,6,11H,4-5,10H2,1H3;(H2,1,2,3,4). The van der Waals surface area contributed by atoms with Crippen LogP contribution in [0.15, 0.2) is 18.2 Å². The van der Waals surface area contributed by atoms with E-state index in [0.29, 0.717) is 6.61 Å². The molecule has 0 aliphatic carbocycles. The molecule has 17 heavy (non-hydrogen) atoms. The molecular weight excluding hydrogens is 250 g/mol. The van der Waals surface area contributed by atoms with Gasteiger partial charge < -0.3 is 15.6 Å². The number of nitrogen functional groups attached to an aromatic ring is 1. The molecule has 5 N–H and O–H groups in total. The summed E-state index contributed by atoms with van der Waals surface area (Å²) in [6, 6.07) is 5.44. The number of hydrogen-bond acceptors (Lipinski definition) is 5. The minimum atomic E-state index is -4.67. The molecule has 0 aliphatic rings. The third kappa shape index (κ3) is 9.57. The Labute approximate surface area is 99.4 Å². The molecule has 98 valence electrons. The summed E-state index contributed by atoms with van der Waals surface area (Å²) >= 11 is 0. The van der Waals surface area contributed by atoms with Crippen molar-refractivity contribution in [3.05, 3.63) is 23.8 Å². The van der Waals surface area contributed by atoms with Gasteiger partial charge in [0.25, 0.3) is 0 Å². The zero-order valence-electron chi connectivity index (χ0n) is 9.20. The molecule has 1 aromatic rings. The molecule has 1 rings (SSSR count). The van der Waals surface area contributed by atoms with Gasteiger partial charge in [-0.3, -0.25) is 9.11 Å². The minimum absolute atomic E-state index is 0.0312. The maximum atomic E-state index is 8.74. The monoisotopic (exact) mass is 265 g/mol. The first-order valence-electron chi connectivity index (χ1n) is 4.53. The average molecular weight is 265 g/mol. The molecule has 0 saturated carbocycles. The Kier molecular flexibility index (Phi) is 6.51.